The highest BCUT2D eigenvalue weighted by molar-refractivity contribution is 5.98. The summed E-state index contributed by atoms with van der Waals surface area (Å²) >= 11 is 0. The Hall–Kier alpha value is -2.63. The van der Waals surface area contributed by atoms with Crippen LogP contribution in [0.25, 0.3) is 0 Å². The number of benzene rings is 1. The SMILES string of the molecule is Cc1noc(C)c1C(C)CNC(=O)C1(c2ccccc2)CC1C(=O)O. The van der Waals surface area contributed by atoms with Gasteiger partial charge in [0.2, 0.25) is 5.91 Å². The topological polar surface area (TPSA) is 92.4 Å². The molecular formula is C19H22N2O4. The molecule has 1 aromatic carbocycles. The number of carbonyl (C=O) groups excluding carboxylic acids is 1. The van der Waals surface area contributed by atoms with Crippen molar-refractivity contribution in [3.05, 3.63) is 52.9 Å². The van der Waals surface area contributed by atoms with Crippen LogP contribution in [0.15, 0.2) is 34.9 Å². The minimum absolute atomic E-state index is 0.0325. The molecule has 3 rings (SSSR count). The van der Waals surface area contributed by atoms with Crippen molar-refractivity contribution in [2.24, 2.45) is 5.92 Å². The van der Waals surface area contributed by atoms with Gasteiger partial charge in [0.05, 0.1) is 17.0 Å². The van der Waals surface area contributed by atoms with Crippen LogP contribution in [0.4, 0.5) is 0 Å². The molecule has 1 heterocycles. The second kappa shape index (κ2) is 6.35. The van der Waals surface area contributed by atoms with Crippen molar-refractivity contribution in [2.45, 2.75) is 38.5 Å². The molecule has 1 fully saturated rings. The molecule has 132 valence electrons. The van der Waals surface area contributed by atoms with Gasteiger partial charge >= 0.3 is 5.97 Å². The van der Waals surface area contributed by atoms with Gasteiger partial charge in [-0.15, -0.1) is 0 Å². The van der Waals surface area contributed by atoms with Crippen LogP contribution in [0.3, 0.4) is 0 Å². The number of rotatable bonds is 6. The number of carbonyl (C=O) groups is 2. The first-order valence-electron chi connectivity index (χ1n) is 8.37. The summed E-state index contributed by atoms with van der Waals surface area (Å²) < 4.78 is 5.18. The molecule has 3 unspecified atom stereocenters. The van der Waals surface area contributed by atoms with Gasteiger partial charge in [0.1, 0.15) is 5.76 Å². The van der Waals surface area contributed by atoms with Gasteiger partial charge < -0.3 is 14.9 Å². The van der Waals surface area contributed by atoms with Crippen LogP contribution in [0.5, 0.6) is 0 Å². The van der Waals surface area contributed by atoms with Crippen LogP contribution in [-0.2, 0) is 15.0 Å². The third kappa shape index (κ3) is 2.92. The van der Waals surface area contributed by atoms with Gasteiger partial charge in [-0.1, -0.05) is 42.4 Å². The number of amides is 1. The lowest BCUT2D eigenvalue weighted by molar-refractivity contribution is -0.140. The van der Waals surface area contributed by atoms with Gasteiger partial charge in [-0.05, 0) is 25.8 Å². The number of hydrogen-bond acceptors (Lipinski definition) is 4. The average Bonchev–Trinajstić information content (AvgIpc) is 3.28. The van der Waals surface area contributed by atoms with E-state index in [2.05, 4.69) is 10.5 Å². The maximum Gasteiger partial charge on any atom is 0.307 e. The van der Waals surface area contributed by atoms with E-state index >= 15 is 0 Å². The first-order chi connectivity index (χ1) is 11.9. The highest BCUT2D eigenvalue weighted by atomic mass is 16.5. The van der Waals surface area contributed by atoms with Crippen LogP contribution < -0.4 is 5.32 Å². The Bertz CT molecular complexity index is 780. The predicted octanol–water partition coefficient (Wildman–Crippen LogP) is 2.55. The summed E-state index contributed by atoms with van der Waals surface area (Å²) in [5, 5.41) is 16.3. The van der Waals surface area contributed by atoms with Crippen molar-refractivity contribution in [3.63, 3.8) is 0 Å². The van der Waals surface area contributed by atoms with Crippen molar-refractivity contribution >= 4 is 11.9 Å². The molecule has 3 atom stereocenters. The molecule has 1 aliphatic carbocycles. The second-order valence-corrected chi connectivity index (χ2v) is 6.78. The molecule has 25 heavy (non-hydrogen) atoms. The fourth-order valence-corrected chi connectivity index (χ4v) is 3.70. The van der Waals surface area contributed by atoms with Crippen LogP contribution in [0.1, 0.15) is 41.8 Å². The first-order valence-corrected chi connectivity index (χ1v) is 8.37. The first kappa shape index (κ1) is 17.2. The maximum atomic E-state index is 12.9. The van der Waals surface area contributed by atoms with Crippen molar-refractivity contribution in [3.8, 4) is 0 Å². The summed E-state index contributed by atoms with van der Waals surface area (Å²) in [6, 6.07) is 9.15. The monoisotopic (exact) mass is 342 g/mol. The van der Waals surface area contributed by atoms with Crippen molar-refractivity contribution in [1.82, 2.24) is 10.5 Å². The standard InChI is InChI=1S/C19H22N2O4/c1-11(16-12(2)21-25-13(16)3)10-20-18(24)19(9-15(19)17(22)23)14-7-5-4-6-8-14/h4-8,11,15H,9-10H2,1-3H3,(H,20,24)(H,22,23). The Balaban J connectivity index is 1.76. The highest BCUT2D eigenvalue weighted by Gasteiger charge is 2.64. The molecule has 6 nitrogen and oxygen atoms in total. The molecule has 1 amide bonds. The van der Waals surface area contributed by atoms with E-state index < -0.39 is 17.3 Å². The van der Waals surface area contributed by atoms with E-state index in [0.29, 0.717) is 13.0 Å². The Kier molecular flexibility index (Phi) is 4.37. The number of carboxylic acids is 1. The van der Waals surface area contributed by atoms with Crippen LogP contribution in [-0.4, -0.2) is 28.7 Å². The largest absolute Gasteiger partial charge is 0.481 e. The fraction of sp³-hybridized carbons (Fsp3) is 0.421. The van der Waals surface area contributed by atoms with E-state index in [4.69, 9.17) is 4.52 Å². The number of aryl methyl sites for hydroxylation is 2. The van der Waals surface area contributed by atoms with Crippen molar-refractivity contribution in [1.29, 1.82) is 0 Å². The fourth-order valence-electron chi connectivity index (χ4n) is 3.70. The van der Waals surface area contributed by atoms with E-state index in [1.54, 1.807) is 0 Å². The zero-order chi connectivity index (χ0) is 18.2. The molecule has 0 bridgehead atoms. The third-order valence-corrected chi connectivity index (χ3v) is 5.10. The van der Waals surface area contributed by atoms with Crippen molar-refractivity contribution < 1.29 is 19.2 Å². The second-order valence-electron chi connectivity index (χ2n) is 6.78. The van der Waals surface area contributed by atoms with E-state index in [1.807, 2.05) is 51.1 Å². The zero-order valence-electron chi connectivity index (χ0n) is 14.6. The van der Waals surface area contributed by atoms with E-state index in [-0.39, 0.29) is 11.8 Å². The Morgan fingerprint density at radius 1 is 1.36 bits per heavy atom. The van der Waals surface area contributed by atoms with E-state index in [1.165, 1.54) is 0 Å². The van der Waals surface area contributed by atoms with Gasteiger partial charge in [0.25, 0.3) is 0 Å². The molecular weight excluding hydrogens is 320 g/mol. The van der Waals surface area contributed by atoms with Gasteiger partial charge in [0, 0.05) is 18.0 Å². The van der Waals surface area contributed by atoms with E-state index in [0.717, 1.165) is 22.6 Å². The molecule has 0 saturated heterocycles. The molecule has 1 aromatic heterocycles. The molecule has 2 aromatic rings. The van der Waals surface area contributed by atoms with Gasteiger partial charge in [-0.3, -0.25) is 9.59 Å². The molecule has 0 spiro atoms. The summed E-state index contributed by atoms with van der Waals surface area (Å²) in [5.74, 6) is -1.07. The lowest BCUT2D eigenvalue weighted by Crippen LogP contribution is -2.39. The normalized spacial score (nSPS) is 23.1. The zero-order valence-corrected chi connectivity index (χ0v) is 14.6. The maximum absolute atomic E-state index is 12.9. The lowest BCUT2D eigenvalue weighted by Gasteiger charge is -2.19. The quantitative estimate of drug-likeness (QED) is 0.842. The number of hydrogen-bond donors (Lipinski definition) is 2. The summed E-state index contributed by atoms with van der Waals surface area (Å²) in [6.07, 6.45) is 0.331. The molecule has 1 aliphatic rings. The summed E-state index contributed by atoms with van der Waals surface area (Å²) in [6.45, 7) is 6.11. The van der Waals surface area contributed by atoms with Crippen LogP contribution >= 0.6 is 0 Å². The Morgan fingerprint density at radius 3 is 2.56 bits per heavy atom. The Labute approximate surface area is 146 Å². The minimum atomic E-state index is -0.967. The number of aromatic nitrogens is 1. The van der Waals surface area contributed by atoms with E-state index in [9.17, 15) is 14.7 Å². The summed E-state index contributed by atoms with van der Waals surface area (Å²) in [5.41, 5.74) is 1.59. The third-order valence-electron chi connectivity index (χ3n) is 5.10. The highest BCUT2D eigenvalue weighted by Crippen LogP contribution is 2.54. The van der Waals surface area contributed by atoms with Crippen molar-refractivity contribution in [2.75, 3.05) is 6.54 Å². The Morgan fingerprint density at radius 2 is 2.04 bits per heavy atom. The van der Waals surface area contributed by atoms with Crippen LogP contribution in [0.2, 0.25) is 0 Å². The molecule has 6 heteroatoms. The van der Waals surface area contributed by atoms with Gasteiger partial charge in [-0.25, -0.2) is 0 Å². The summed E-state index contributed by atoms with van der Waals surface area (Å²) in [7, 11) is 0. The summed E-state index contributed by atoms with van der Waals surface area (Å²) in [4.78, 5) is 24.3. The van der Waals surface area contributed by atoms with Gasteiger partial charge in [0.15, 0.2) is 0 Å². The molecule has 2 N–H and O–H groups in total. The molecule has 1 saturated carbocycles. The van der Waals surface area contributed by atoms with Crippen LogP contribution in [0, 0.1) is 19.8 Å². The van der Waals surface area contributed by atoms with Gasteiger partial charge in [-0.2, -0.15) is 0 Å². The molecule has 0 radical (unpaired) electrons. The average molecular weight is 342 g/mol. The smallest absolute Gasteiger partial charge is 0.307 e. The molecule has 0 aliphatic heterocycles. The number of aliphatic carboxylic acids is 1. The number of nitrogens with one attached hydrogen (secondary N) is 1. The minimum Gasteiger partial charge on any atom is -0.481 e. The number of nitrogens with zero attached hydrogens (tertiary/aromatic N) is 1. The predicted molar refractivity (Wildman–Crippen MR) is 91.3 cm³/mol. The lowest BCUT2D eigenvalue weighted by atomic mass is 9.91. The number of carboxylic acid groups (broad SMARTS) is 1.